The molecule has 1 aliphatic rings. The van der Waals surface area contributed by atoms with E-state index in [1.54, 1.807) is 0 Å². The Morgan fingerprint density at radius 3 is 0.969 bits per heavy atom. The van der Waals surface area contributed by atoms with Crippen LogP contribution in [0.4, 0.5) is 0 Å². The highest BCUT2D eigenvalue weighted by Crippen LogP contribution is 2.61. The van der Waals surface area contributed by atoms with E-state index in [0.29, 0.717) is 6.42 Å². The summed E-state index contributed by atoms with van der Waals surface area (Å²) in [5.74, 6) is -1.27. The molecular weight excluding hydrogens is 777 g/mol. The van der Waals surface area contributed by atoms with Gasteiger partial charge in [-0.15, -0.1) is 0 Å². The van der Waals surface area contributed by atoms with Crippen LogP contribution in [0.1, 0.15) is 140 Å². The van der Waals surface area contributed by atoms with Gasteiger partial charge in [-0.05, 0) is 83.7 Å². The minimum Gasteiger partial charge on any atom is -0.351 e. The first-order chi connectivity index (χ1) is 30.0. The maximum absolute atomic E-state index is 7.08. The van der Waals surface area contributed by atoms with Crippen LogP contribution in [-0.2, 0) is 31.1 Å². The largest absolute Gasteiger partial charge is 0.351 e. The average Bonchev–Trinajstić information content (AvgIpc) is 3.26. The predicted molar refractivity (Wildman–Crippen MR) is 277 cm³/mol. The Morgan fingerprint density at radius 1 is 0.391 bits per heavy atom. The zero-order valence-corrected chi connectivity index (χ0v) is 41.3. The van der Waals surface area contributed by atoms with Gasteiger partial charge in [0.15, 0.2) is 5.79 Å². The van der Waals surface area contributed by atoms with E-state index in [-0.39, 0.29) is 21.7 Å². The van der Waals surface area contributed by atoms with Gasteiger partial charge in [0.1, 0.15) is 0 Å². The Labute approximate surface area is 387 Å². The predicted octanol–water partition coefficient (Wildman–Crippen LogP) is 16.5. The highest BCUT2D eigenvalue weighted by Gasteiger charge is 2.63. The molecule has 0 atom stereocenters. The van der Waals surface area contributed by atoms with E-state index < -0.39 is 16.6 Å². The quantitative estimate of drug-likeness (QED) is 0.123. The fourth-order valence-electron chi connectivity index (χ4n) is 9.02. The lowest BCUT2D eigenvalue weighted by molar-refractivity contribution is -0.284. The summed E-state index contributed by atoms with van der Waals surface area (Å²) in [5, 5.41) is 0. The Bertz CT molecular complexity index is 2320. The van der Waals surface area contributed by atoms with Crippen LogP contribution in [0, 0.1) is 10.8 Å². The van der Waals surface area contributed by atoms with Crippen molar-refractivity contribution in [3.63, 3.8) is 0 Å². The van der Waals surface area contributed by atoms with Crippen molar-refractivity contribution in [3.8, 4) is 0 Å². The van der Waals surface area contributed by atoms with Crippen molar-refractivity contribution in [2.45, 2.75) is 117 Å². The summed E-state index contributed by atoms with van der Waals surface area (Å²) in [6.45, 7) is 27.1. The van der Waals surface area contributed by atoms with Gasteiger partial charge in [-0.3, -0.25) is 0 Å². The third-order valence-corrected chi connectivity index (χ3v) is 13.2. The minimum atomic E-state index is -1.27. The molecule has 6 rings (SSSR count). The minimum absolute atomic E-state index is 0.0467. The molecule has 0 amide bonds. The second-order valence-corrected chi connectivity index (χ2v) is 22.0. The van der Waals surface area contributed by atoms with Crippen molar-refractivity contribution >= 4 is 29.9 Å². The van der Waals surface area contributed by atoms with Crippen LogP contribution >= 0.6 is 0 Å². The number of hydrogen-bond donors (Lipinski definition) is 0. The van der Waals surface area contributed by atoms with E-state index >= 15 is 0 Å². The molecule has 0 saturated carbocycles. The molecule has 0 unspecified atom stereocenters. The molecule has 2 nitrogen and oxygen atoms in total. The molecular formula is C62H74O2. The lowest BCUT2D eigenvalue weighted by Gasteiger charge is -2.57. The lowest BCUT2D eigenvalue weighted by Crippen LogP contribution is -2.61. The molecule has 5 aromatic carbocycles. The van der Waals surface area contributed by atoms with Crippen molar-refractivity contribution in [1.82, 2.24) is 0 Å². The average molecular weight is 851 g/mol. The number of allylic oxidation sites excluding steroid dienone is 1. The molecule has 0 saturated heterocycles. The fraction of sp³-hybridized carbons (Fsp3) is 0.355. The molecule has 64 heavy (non-hydrogen) atoms. The number of methoxy groups -OCH3 is 2. The molecule has 0 bridgehead atoms. The first-order valence-corrected chi connectivity index (χ1v) is 23.1. The third-order valence-electron chi connectivity index (χ3n) is 13.2. The van der Waals surface area contributed by atoms with Crippen LogP contribution < -0.4 is 0 Å². The fourth-order valence-corrected chi connectivity index (χ4v) is 9.02. The SMILES string of the molecule is COC1(OC)C(C=Cc2ccc(C(C)(C)C)cc2)(C=Cc2ccc(C(C)(C)C)cc2)C=C(c2ccccc2)CC1(C=Cc1ccc(C(C)(C)C)cc1)C=Cc1ccc(C(C)(C)C)cc1. The van der Waals surface area contributed by atoms with Gasteiger partial charge in [0.05, 0.1) is 10.8 Å². The van der Waals surface area contributed by atoms with Gasteiger partial charge < -0.3 is 9.47 Å². The van der Waals surface area contributed by atoms with Gasteiger partial charge in [-0.2, -0.15) is 0 Å². The molecule has 1 aliphatic carbocycles. The zero-order chi connectivity index (χ0) is 46.6. The molecule has 0 fully saturated rings. The first kappa shape index (κ1) is 48.2. The molecule has 0 N–H and O–H groups in total. The van der Waals surface area contributed by atoms with E-state index in [9.17, 15) is 0 Å². The molecule has 0 heterocycles. The van der Waals surface area contributed by atoms with Crippen molar-refractivity contribution in [1.29, 1.82) is 0 Å². The Morgan fingerprint density at radius 2 is 0.688 bits per heavy atom. The van der Waals surface area contributed by atoms with Gasteiger partial charge in [-0.25, -0.2) is 0 Å². The standard InChI is InChI=1S/C62H74O2/c1-56(2,3)52-28-20-46(21-29-52)36-40-60(41-37-47-22-30-53(31-23-47)57(4,5)6)44-51(50-18-16-15-17-19-50)45-61(62(60,63-13)64-14,42-38-48-24-32-54(33-25-48)58(7,8)9)43-39-49-26-34-55(35-27-49)59(10,11)12/h15-44H,45H2,1-14H3. The highest BCUT2D eigenvalue weighted by atomic mass is 16.7. The van der Waals surface area contributed by atoms with E-state index in [1.807, 2.05) is 14.2 Å². The number of ether oxygens (including phenoxy) is 2. The van der Waals surface area contributed by atoms with Gasteiger partial charge >= 0.3 is 0 Å². The highest BCUT2D eigenvalue weighted by molar-refractivity contribution is 5.75. The van der Waals surface area contributed by atoms with Crippen LogP contribution in [0.15, 0.2) is 158 Å². The Balaban J connectivity index is 1.67. The lowest BCUT2D eigenvalue weighted by atomic mass is 9.56. The van der Waals surface area contributed by atoms with Crippen LogP contribution in [0.3, 0.4) is 0 Å². The third kappa shape index (κ3) is 10.6. The van der Waals surface area contributed by atoms with Crippen LogP contribution in [0.25, 0.3) is 29.9 Å². The number of benzene rings is 5. The summed E-state index contributed by atoms with van der Waals surface area (Å²) in [6.07, 6.45) is 21.3. The molecule has 0 aliphatic heterocycles. The summed E-state index contributed by atoms with van der Waals surface area (Å²) < 4.78 is 14.2. The first-order valence-electron chi connectivity index (χ1n) is 23.1. The van der Waals surface area contributed by atoms with Crippen molar-refractivity contribution in [3.05, 3.63) is 208 Å². The van der Waals surface area contributed by atoms with Crippen LogP contribution in [-0.4, -0.2) is 20.0 Å². The van der Waals surface area contributed by atoms with E-state index in [2.05, 4.69) is 265 Å². The van der Waals surface area contributed by atoms with E-state index in [4.69, 9.17) is 9.47 Å². The zero-order valence-electron chi connectivity index (χ0n) is 41.3. The molecule has 0 spiro atoms. The topological polar surface area (TPSA) is 18.5 Å². The summed E-state index contributed by atoms with van der Waals surface area (Å²) in [7, 11) is 3.62. The molecule has 0 aromatic heterocycles. The van der Waals surface area contributed by atoms with Crippen LogP contribution in [0.5, 0.6) is 0 Å². The van der Waals surface area contributed by atoms with Crippen molar-refractivity contribution in [2.24, 2.45) is 10.8 Å². The summed E-state index contributed by atoms with van der Waals surface area (Å²) in [5.41, 5.74) is 10.4. The number of hydrogen-bond acceptors (Lipinski definition) is 2. The molecule has 2 heteroatoms. The summed E-state index contributed by atoms with van der Waals surface area (Å²) in [6, 6.07) is 46.6. The van der Waals surface area contributed by atoms with E-state index in [1.165, 1.54) is 27.8 Å². The molecule has 334 valence electrons. The summed E-state index contributed by atoms with van der Waals surface area (Å²) >= 11 is 0. The van der Waals surface area contributed by atoms with Gasteiger partial charge in [0, 0.05) is 14.2 Å². The molecule has 0 radical (unpaired) electrons. The smallest absolute Gasteiger partial charge is 0.196 e. The van der Waals surface area contributed by atoms with Gasteiger partial charge in [-0.1, -0.05) is 265 Å². The van der Waals surface area contributed by atoms with Crippen LogP contribution in [0.2, 0.25) is 0 Å². The molecule has 5 aromatic rings. The maximum atomic E-state index is 7.08. The van der Waals surface area contributed by atoms with Crippen molar-refractivity contribution in [2.75, 3.05) is 14.2 Å². The normalized spacial score (nSPS) is 19.9. The van der Waals surface area contributed by atoms with E-state index in [0.717, 1.165) is 27.8 Å². The second kappa shape index (κ2) is 18.7. The van der Waals surface area contributed by atoms with Crippen molar-refractivity contribution < 1.29 is 9.47 Å². The number of rotatable bonds is 11. The Hall–Kier alpha value is -5.28. The maximum Gasteiger partial charge on any atom is 0.196 e. The second-order valence-electron chi connectivity index (χ2n) is 22.0. The van der Waals surface area contributed by atoms with Gasteiger partial charge in [0.2, 0.25) is 0 Å². The monoisotopic (exact) mass is 851 g/mol. The Kier molecular flexibility index (Phi) is 14.1. The van der Waals surface area contributed by atoms with Gasteiger partial charge in [0.25, 0.3) is 0 Å². The summed E-state index contributed by atoms with van der Waals surface area (Å²) in [4.78, 5) is 0.